The molecule has 0 aromatic heterocycles. The number of carbonyl (C=O) groups is 2. The molecule has 0 bridgehead atoms. The van der Waals surface area contributed by atoms with E-state index in [1.165, 1.54) is 6.07 Å². The molecule has 0 saturated carbocycles. The molecule has 6 N–H and O–H groups in total. The van der Waals surface area contributed by atoms with Gasteiger partial charge in [-0.15, -0.1) is 0 Å². The summed E-state index contributed by atoms with van der Waals surface area (Å²) in [5.74, 6) is -1.48. The van der Waals surface area contributed by atoms with Crippen LogP contribution in [-0.4, -0.2) is 29.9 Å². The third-order valence-corrected chi connectivity index (χ3v) is 4.61. The van der Waals surface area contributed by atoms with Gasteiger partial charge in [0, 0.05) is 23.4 Å². The molecule has 0 aliphatic carbocycles. The van der Waals surface area contributed by atoms with E-state index >= 15 is 0 Å². The number of carboxylic acids is 1. The molecule has 30 heavy (non-hydrogen) atoms. The summed E-state index contributed by atoms with van der Waals surface area (Å²) in [4.78, 5) is 24.8. The number of aromatic carboxylic acids is 1. The number of rotatable bonds is 7. The summed E-state index contributed by atoms with van der Waals surface area (Å²) in [5, 5.41) is 22.9. The maximum Gasteiger partial charge on any atom is 0.336 e. The van der Waals surface area contributed by atoms with E-state index in [1.54, 1.807) is 54.6 Å². The molecule has 3 rings (SSSR count). The minimum absolute atomic E-state index is 0.0554. The second kappa shape index (κ2) is 9.02. The van der Waals surface area contributed by atoms with Crippen LogP contribution in [-0.2, 0) is 6.54 Å². The van der Waals surface area contributed by atoms with E-state index in [0.29, 0.717) is 34.5 Å². The van der Waals surface area contributed by atoms with E-state index in [-0.39, 0.29) is 17.3 Å². The van der Waals surface area contributed by atoms with Gasteiger partial charge in [0.05, 0.1) is 5.56 Å². The zero-order valence-electron chi connectivity index (χ0n) is 16.4. The lowest BCUT2D eigenvalue weighted by molar-refractivity contribution is 0.0697. The Kier molecular flexibility index (Phi) is 6.24. The maximum atomic E-state index is 13.1. The number of carbonyl (C=O) groups excluding carboxylic acids is 1. The first kappa shape index (κ1) is 20.8. The predicted octanol–water partition coefficient (Wildman–Crippen LogP) is 3.31. The molecule has 3 aromatic rings. The van der Waals surface area contributed by atoms with Crippen LogP contribution in [0.1, 0.15) is 31.8 Å². The van der Waals surface area contributed by atoms with Crippen LogP contribution in [0.25, 0.3) is 11.1 Å². The Morgan fingerprint density at radius 2 is 1.63 bits per heavy atom. The minimum Gasteiger partial charge on any atom is -0.478 e. The molecular weight excluding hydrogens is 380 g/mol. The van der Waals surface area contributed by atoms with E-state index in [2.05, 4.69) is 10.6 Å². The lowest BCUT2D eigenvalue weighted by Gasteiger charge is -2.14. The van der Waals surface area contributed by atoms with Crippen LogP contribution in [0.5, 0.6) is 0 Å². The average molecular weight is 402 g/mol. The van der Waals surface area contributed by atoms with Crippen molar-refractivity contribution in [2.24, 2.45) is 5.73 Å². The van der Waals surface area contributed by atoms with Crippen LogP contribution < -0.4 is 16.4 Å². The first-order chi connectivity index (χ1) is 14.4. The molecule has 0 heterocycles. The Morgan fingerprint density at radius 1 is 0.967 bits per heavy atom. The van der Waals surface area contributed by atoms with Gasteiger partial charge in [0.25, 0.3) is 5.91 Å². The first-order valence-corrected chi connectivity index (χ1v) is 9.26. The highest BCUT2D eigenvalue weighted by Gasteiger charge is 2.18. The van der Waals surface area contributed by atoms with E-state index in [9.17, 15) is 14.7 Å². The smallest absolute Gasteiger partial charge is 0.336 e. The van der Waals surface area contributed by atoms with Crippen molar-refractivity contribution in [3.63, 3.8) is 0 Å². The number of nitrogens with two attached hydrogens (primary N) is 1. The highest BCUT2D eigenvalue weighted by molar-refractivity contribution is 6.10. The van der Waals surface area contributed by atoms with Gasteiger partial charge >= 0.3 is 5.97 Å². The van der Waals surface area contributed by atoms with Gasteiger partial charge in [-0.25, -0.2) is 4.79 Å². The summed E-state index contributed by atoms with van der Waals surface area (Å²) in [6.07, 6.45) is 0. The number of nitrogens with one attached hydrogen (secondary N) is 3. The van der Waals surface area contributed by atoms with Crippen LogP contribution in [0.15, 0.2) is 66.7 Å². The van der Waals surface area contributed by atoms with Crippen molar-refractivity contribution in [3.05, 3.63) is 89.0 Å². The standard InChI is InChI=1S/C23H22N4O3/c1-26-13-14-6-11-18(17-4-2-3-5-19(17)23(29)30)20(12-14)22(28)27-16-9-7-15(8-10-16)21(24)25/h2-12,26H,13H2,1H3,(H3,24,25)(H,27,28)(H,29,30). The van der Waals surface area contributed by atoms with Gasteiger partial charge in [0.2, 0.25) is 0 Å². The van der Waals surface area contributed by atoms with Gasteiger partial charge in [-0.1, -0.05) is 30.3 Å². The third-order valence-electron chi connectivity index (χ3n) is 4.61. The zero-order chi connectivity index (χ0) is 21.7. The van der Waals surface area contributed by atoms with Gasteiger partial charge in [0.1, 0.15) is 5.84 Å². The molecule has 0 unspecified atom stereocenters. The summed E-state index contributed by atoms with van der Waals surface area (Å²) < 4.78 is 0. The second-order valence-corrected chi connectivity index (χ2v) is 6.71. The summed E-state index contributed by atoms with van der Waals surface area (Å²) >= 11 is 0. The van der Waals surface area contributed by atoms with Gasteiger partial charge in [-0.2, -0.15) is 0 Å². The quantitative estimate of drug-likeness (QED) is 0.306. The molecule has 152 valence electrons. The molecule has 0 spiro atoms. The molecule has 7 heteroatoms. The molecule has 1 amide bonds. The first-order valence-electron chi connectivity index (χ1n) is 9.26. The van der Waals surface area contributed by atoms with E-state index in [4.69, 9.17) is 11.1 Å². The van der Waals surface area contributed by atoms with Crippen molar-refractivity contribution in [1.29, 1.82) is 5.41 Å². The van der Waals surface area contributed by atoms with Crippen LogP contribution in [0, 0.1) is 5.41 Å². The van der Waals surface area contributed by atoms with Crippen molar-refractivity contribution in [1.82, 2.24) is 5.32 Å². The van der Waals surface area contributed by atoms with Gasteiger partial charge < -0.3 is 21.5 Å². The Labute approximate surface area is 174 Å². The normalized spacial score (nSPS) is 10.4. The zero-order valence-corrected chi connectivity index (χ0v) is 16.4. The predicted molar refractivity (Wildman–Crippen MR) is 117 cm³/mol. The molecule has 0 fully saturated rings. The fourth-order valence-electron chi connectivity index (χ4n) is 3.16. The molecule has 0 saturated heterocycles. The Morgan fingerprint density at radius 3 is 2.27 bits per heavy atom. The number of carboxylic acid groups (broad SMARTS) is 1. The van der Waals surface area contributed by atoms with Crippen LogP contribution in [0.2, 0.25) is 0 Å². The van der Waals surface area contributed by atoms with E-state index < -0.39 is 5.97 Å². The summed E-state index contributed by atoms with van der Waals surface area (Å²) in [6, 6.07) is 18.6. The number of hydrogen-bond acceptors (Lipinski definition) is 4. The fourth-order valence-corrected chi connectivity index (χ4v) is 3.16. The molecule has 0 radical (unpaired) electrons. The minimum atomic E-state index is -1.06. The van der Waals surface area contributed by atoms with Crippen molar-refractivity contribution in [2.45, 2.75) is 6.54 Å². The Bertz CT molecular complexity index is 1110. The number of amidine groups is 1. The van der Waals surface area contributed by atoms with Crippen molar-refractivity contribution in [3.8, 4) is 11.1 Å². The molecule has 7 nitrogen and oxygen atoms in total. The third kappa shape index (κ3) is 4.53. The molecule has 0 aliphatic heterocycles. The highest BCUT2D eigenvalue weighted by atomic mass is 16.4. The van der Waals surface area contributed by atoms with Crippen molar-refractivity contribution >= 4 is 23.4 Å². The number of anilines is 1. The number of nitrogen functional groups attached to an aromatic ring is 1. The number of amides is 1. The maximum absolute atomic E-state index is 13.1. The number of benzene rings is 3. The Balaban J connectivity index is 2.03. The summed E-state index contributed by atoms with van der Waals surface area (Å²) in [5.41, 5.74) is 8.95. The topological polar surface area (TPSA) is 128 Å². The largest absolute Gasteiger partial charge is 0.478 e. The average Bonchev–Trinajstić information content (AvgIpc) is 2.74. The van der Waals surface area contributed by atoms with Crippen LogP contribution in [0.4, 0.5) is 5.69 Å². The lowest BCUT2D eigenvalue weighted by atomic mass is 9.93. The SMILES string of the molecule is CNCc1ccc(-c2ccccc2C(=O)O)c(C(=O)Nc2ccc(C(=N)N)cc2)c1. The van der Waals surface area contributed by atoms with Crippen molar-refractivity contribution in [2.75, 3.05) is 12.4 Å². The highest BCUT2D eigenvalue weighted by Crippen LogP contribution is 2.29. The molecule has 0 atom stereocenters. The Hall–Kier alpha value is -3.97. The monoisotopic (exact) mass is 402 g/mol. The molecular formula is C23H22N4O3. The number of hydrogen-bond donors (Lipinski definition) is 5. The summed E-state index contributed by atoms with van der Waals surface area (Å²) in [6.45, 7) is 0.564. The van der Waals surface area contributed by atoms with Crippen molar-refractivity contribution < 1.29 is 14.7 Å². The van der Waals surface area contributed by atoms with Gasteiger partial charge in [0.15, 0.2) is 0 Å². The fraction of sp³-hybridized carbons (Fsp3) is 0.0870. The summed E-state index contributed by atoms with van der Waals surface area (Å²) in [7, 11) is 1.81. The van der Waals surface area contributed by atoms with Gasteiger partial charge in [-0.05, 0) is 60.1 Å². The second-order valence-electron chi connectivity index (χ2n) is 6.71. The molecule has 3 aromatic carbocycles. The van der Waals surface area contributed by atoms with E-state index in [0.717, 1.165) is 5.56 Å². The van der Waals surface area contributed by atoms with Crippen LogP contribution in [0.3, 0.4) is 0 Å². The van der Waals surface area contributed by atoms with E-state index in [1.807, 2.05) is 13.1 Å². The lowest BCUT2D eigenvalue weighted by Crippen LogP contribution is -2.16. The van der Waals surface area contributed by atoms with Gasteiger partial charge in [-0.3, -0.25) is 10.2 Å². The van der Waals surface area contributed by atoms with Crippen LogP contribution >= 0.6 is 0 Å². The molecule has 0 aliphatic rings.